The van der Waals surface area contributed by atoms with Crippen molar-refractivity contribution in [1.29, 1.82) is 5.26 Å². The summed E-state index contributed by atoms with van der Waals surface area (Å²) >= 11 is 0. The largest absolute Gasteiger partial charge is 0.491 e. The van der Waals surface area contributed by atoms with Gasteiger partial charge < -0.3 is 14.2 Å². The van der Waals surface area contributed by atoms with Crippen LogP contribution < -0.4 is 9.47 Å². The predicted octanol–water partition coefficient (Wildman–Crippen LogP) is 5.00. The van der Waals surface area contributed by atoms with Crippen molar-refractivity contribution in [2.75, 3.05) is 13.2 Å². The first kappa shape index (κ1) is 19.7. The number of carbonyl (C=O) groups is 1. The van der Waals surface area contributed by atoms with Gasteiger partial charge in [0.15, 0.2) is 0 Å². The highest BCUT2D eigenvalue weighted by Crippen LogP contribution is 2.24. The lowest BCUT2D eigenvalue weighted by Crippen LogP contribution is -2.16. The molecule has 0 bridgehead atoms. The Balaban J connectivity index is 1.34. The number of hydrogen-bond acceptors (Lipinski definition) is 5. The van der Waals surface area contributed by atoms with Gasteiger partial charge in [-0.1, -0.05) is 24.3 Å². The Morgan fingerprint density at radius 1 is 0.933 bits per heavy atom. The predicted molar refractivity (Wildman–Crippen MR) is 112 cm³/mol. The molecular weight excluding hydrogens is 378 g/mol. The van der Waals surface area contributed by atoms with E-state index in [9.17, 15) is 4.79 Å². The number of carbonyl (C=O) groups excluding carboxylic acids is 1. The van der Waals surface area contributed by atoms with Gasteiger partial charge in [-0.25, -0.2) is 4.79 Å². The fourth-order valence-electron chi connectivity index (χ4n) is 3.27. The van der Waals surface area contributed by atoms with Gasteiger partial charge in [0.2, 0.25) is 0 Å². The second-order valence-electron chi connectivity index (χ2n) is 7.07. The summed E-state index contributed by atoms with van der Waals surface area (Å²) in [6.45, 7) is 1.32. The van der Waals surface area contributed by atoms with E-state index in [-0.39, 0.29) is 6.10 Å². The molecule has 5 heteroatoms. The van der Waals surface area contributed by atoms with Crippen LogP contribution in [0.1, 0.15) is 28.8 Å². The number of ether oxygens (including phenoxy) is 3. The summed E-state index contributed by atoms with van der Waals surface area (Å²) in [6, 6.07) is 23.6. The Morgan fingerprint density at radius 3 is 2.17 bits per heavy atom. The molecule has 0 aliphatic carbocycles. The second-order valence-corrected chi connectivity index (χ2v) is 7.07. The van der Waals surface area contributed by atoms with Gasteiger partial charge in [-0.05, 0) is 72.5 Å². The van der Waals surface area contributed by atoms with Crippen molar-refractivity contribution in [3.8, 4) is 28.7 Å². The molecular formula is C25H21NO4. The first-order valence-corrected chi connectivity index (χ1v) is 9.88. The van der Waals surface area contributed by atoms with Gasteiger partial charge in [0.05, 0.1) is 23.3 Å². The van der Waals surface area contributed by atoms with Crippen LogP contribution in [-0.4, -0.2) is 25.3 Å². The molecule has 0 saturated carbocycles. The smallest absolute Gasteiger partial charge is 0.343 e. The van der Waals surface area contributed by atoms with Crippen LogP contribution in [0, 0.1) is 11.3 Å². The second kappa shape index (κ2) is 9.25. The zero-order chi connectivity index (χ0) is 20.8. The van der Waals surface area contributed by atoms with Gasteiger partial charge >= 0.3 is 5.97 Å². The summed E-state index contributed by atoms with van der Waals surface area (Å²) < 4.78 is 16.7. The third kappa shape index (κ3) is 4.86. The maximum atomic E-state index is 12.4. The molecule has 150 valence electrons. The molecule has 1 atom stereocenters. The lowest BCUT2D eigenvalue weighted by Gasteiger charge is -2.11. The van der Waals surface area contributed by atoms with Crippen molar-refractivity contribution in [1.82, 2.24) is 0 Å². The summed E-state index contributed by atoms with van der Waals surface area (Å²) in [5.74, 6) is 0.747. The standard InChI is InChI=1S/C25H21NO4/c26-16-18-3-5-19(6-4-18)20-7-13-23(14-8-20)30-25(27)21-9-11-22(12-10-21)29-17-24-2-1-15-28-24/h3-14,24H,1-2,15,17H2/t24-/m1/s1. The van der Waals surface area contributed by atoms with Crippen molar-refractivity contribution in [2.24, 2.45) is 0 Å². The van der Waals surface area contributed by atoms with Crippen LogP contribution in [-0.2, 0) is 4.74 Å². The molecule has 0 spiro atoms. The van der Waals surface area contributed by atoms with E-state index in [2.05, 4.69) is 6.07 Å². The van der Waals surface area contributed by atoms with Crippen molar-refractivity contribution in [2.45, 2.75) is 18.9 Å². The van der Waals surface area contributed by atoms with Crippen molar-refractivity contribution in [3.63, 3.8) is 0 Å². The number of hydrogen-bond donors (Lipinski definition) is 0. The highest BCUT2D eigenvalue weighted by Gasteiger charge is 2.16. The highest BCUT2D eigenvalue weighted by atomic mass is 16.5. The summed E-state index contributed by atoms with van der Waals surface area (Å²) in [5, 5.41) is 8.89. The van der Waals surface area contributed by atoms with Crippen LogP contribution in [0.4, 0.5) is 0 Å². The average Bonchev–Trinajstić information content (AvgIpc) is 3.32. The molecule has 3 aromatic carbocycles. The first-order chi connectivity index (χ1) is 14.7. The topological polar surface area (TPSA) is 68.5 Å². The highest BCUT2D eigenvalue weighted by molar-refractivity contribution is 5.91. The van der Waals surface area contributed by atoms with Gasteiger partial charge in [-0.2, -0.15) is 5.26 Å². The van der Waals surface area contributed by atoms with Crippen molar-refractivity contribution >= 4 is 5.97 Å². The normalized spacial score (nSPS) is 15.4. The van der Waals surface area contributed by atoms with Crippen LogP contribution in [0.25, 0.3) is 11.1 Å². The fourth-order valence-corrected chi connectivity index (χ4v) is 3.27. The van der Waals surface area contributed by atoms with E-state index in [1.165, 1.54) is 0 Å². The van der Waals surface area contributed by atoms with E-state index in [0.717, 1.165) is 30.6 Å². The minimum atomic E-state index is -0.424. The lowest BCUT2D eigenvalue weighted by atomic mass is 10.0. The molecule has 1 saturated heterocycles. The number of nitrogens with zero attached hydrogens (tertiary/aromatic N) is 1. The van der Waals surface area contributed by atoms with E-state index in [1.54, 1.807) is 48.5 Å². The quantitative estimate of drug-likeness (QED) is 0.431. The molecule has 0 radical (unpaired) electrons. The van der Waals surface area contributed by atoms with Gasteiger partial charge in [0.25, 0.3) is 0 Å². The molecule has 5 nitrogen and oxygen atoms in total. The average molecular weight is 399 g/mol. The molecule has 0 unspecified atom stereocenters. The van der Waals surface area contributed by atoms with E-state index >= 15 is 0 Å². The SMILES string of the molecule is N#Cc1ccc(-c2ccc(OC(=O)c3ccc(OC[C@H]4CCCO4)cc3)cc2)cc1. The third-order valence-corrected chi connectivity index (χ3v) is 4.96. The summed E-state index contributed by atoms with van der Waals surface area (Å²) in [6.07, 6.45) is 2.25. The third-order valence-electron chi connectivity index (χ3n) is 4.96. The van der Waals surface area contributed by atoms with E-state index in [4.69, 9.17) is 19.5 Å². The molecule has 0 N–H and O–H groups in total. The van der Waals surface area contributed by atoms with E-state index < -0.39 is 5.97 Å². The molecule has 1 aliphatic rings. The van der Waals surface area contributed by atoms with Crippen LogP contribution in [0.3, 0.4) is 0 Å². The maximum absolute atomic E-state index is 12.4. The van der Waals surface area contributed by atoms with E-state index in [0.29, 0.717) is 29.2 Å². The zero-order valence-corrected chi connectivity index (χ0v) is 16.4. The number of esters is 1. The maximum Gasteiger partial charge on any atom is 0.343 e. The molecule has 1 heterocycles. The van der Waals surface area contributed by atoms with Crippen molar-refractivity contribution in [3.05, 3.63) is 83.9 Å². The molecule has 1 fully saturated rings. The molecule has 0 aromatic heterocycles. The van der Waals surface area contributed by atoms with Crippen LogP contribution in [0.5, 0.6) is 11.5 Å². The minimum absolute atomic E-state index is 0.155. The van der Waals surface area contributed by atoms with Crippen LogP contribution in [0.2, 0.25) is 0 Å². The molecule has 30 heavy (non-hydrogen) atoms. The number of benzene rings is 3. The molecule has 0 amide bonds. The monoisotopic (exact) mass is 399 g/mol. The minimum Gasteiger partial charge on any atom is -0.491 e. The summed E-state index contributed by atoms with van der Waals surface area (Å²) in [7, 11) is 0. The Hall–Kier alpha value is -3.62. The Labute approximate surface area is 175 Å². The zero-order valence-electron chi connectivity index (χ0n) is 16.4. The van der Waals surface area contributed by atoms with Crippen LogP contribution in [0.15, 0.2) is 72.8 Å². The van der Waals surface area contributed by atoms with Gasteiger partial charge in [0, 0.05) is 6.61 Å². The lowest BCUT2D eigenvalue weighted by molar-refractivity contribution is 0.0678. The summed E-state index contributed by atoms with van der Waals surface area (Å²) in [4.78, 5) is 12.4. The Morgan fingerprint density at radius 2 is 1.57 bits per heavy atom. The van der Waals surface area contributed by atoms with E-state index in [1.807, 2.05) is 24.3 Å². The van der Waals surface area contributed by atoms with Crippen molar-refractivity contribution < 1.29 is 19.0 Å². The van der Waals surface area contributed by atoms with Gasteiger partial charge in [-0.15, -0.1) is 0 Å². The van der Waals surface area contributed by atoms with Crippen LogP contribution >= 0.6 is 0 Å². The first-order valence-electron chi connectivity index (χ1n) is 9.88. The van der Waals surface area contributed by atoms with Gasteiger partial charge in [0.1, 0.15) is 18.1 Å². The Kier molecular flexibility index (Phi) is 6.07. The van der Waals surface area contributed by atoms with Gasteiger partial charge in [-0.3, -0.25) is 0 Å². The number of rotatable bonds is 6. The Bertz CT molecular complexity index is 1030. The molecule has 4 rings (SSSR count). The number of nitriles is 1. The molecule has 3 aromatic rings. The fraction of sp³-hybridized carbons (Fsp3) is 0.200. The molecule has 1 aliphatic heterocycles. The summed E-state index contributed by atoms with van der Waals surface area (Å²) in [5.41, 5.74) is 3.04.